The number of H-pyrrole nitrogens is 1. The molecular formula is C22H22N4O2S. The molecule has 2 aromatic heterocycles. The first-order valence-electron chi connectivity index (χ1n) is 9.45. The second-order valence-corrected chi connectivity index (χ2v) is 7.57. The average molecular weight is 407 g/mol. The summed E-state index contributed by atoms with van der Waals surface area (Å²) in [4.78, 5) is 26.8. The van der Waals surface area contributed by atoms with Crippen molar-refractivity contribution in [2.75, 3.05) is 13.7 Å². The number of rotatable bonds is 7. The van der Waals surface area contributed by atoms with Crippen LogP contribution in [0.25, 0.3) is 21.5 Å². The van der Waals surface area contributed by atoms with Crippen molar-refractivity contribution in [3.63, 3.8) is 0 Å². The van der Waals surface area contributed by atoms with E-state index in [1.165, 1.54) is 0 Å². The van der Waals surface area contributed by atoms with Crippen LogP contribution in [0.5, 0.6) is 5.75 Å². The van der Waals surface area contributed by atoms with E-state index in [4.69, 9.17) is 9.72 Å². The quantitative estimate of drug-likeness (QED) is 0.501. The van der Waals surface area contributed by atoms with Gasteiger partial charge in [0.2, 0.25) is 0 Å². The van der Waals surface area contributed by atoms with Gasteiger partial charge in [-0.15, -0.1) is 11.3 Å². The summed E-state index contributed by atoms with van der Waals surface area (Å²) in [6.07, 6.45) is 0. The Morgan fingerprint density at radius 2 is 1.97 bits per heavy atom. The molecule has 4 rings (SSSR count). The van der Waals surface area contributed by atoms with Crippen LogP contribution in [-0.4, -0.2) is 33.5 Å². The van der Waals surface area contributed by atoms with E-state index in [0.717, 1.165) is 34.1 Å². The molecule has 1 N–H and O–H groups in total. The number of hydrogen-bond acceptors (Lipinski definition) is 6. The summed E-state index contributed by atoms with van der Waals surface area (Å²) in [5.74, 6) is 1.49. The standard InChI is InChI=1S/C22H22N4O2S/c1-3-26(13-20-24-19-10-5-4-9-18(19)21(27)25-20)12-16-14-29-22(23-16)15-7-6-8-17(11-15)28-2/h4-11,14H,3,12-13H2,1-2H3,(H,24,25,27). The van der Waals surface area contributed by atoms with E-state index in [1.807, 2.05) is 42.5 Å². The van der Waals surface area contributed by atoms with Crippen LogP contribution in [0.3, 0.4) is 0 Å². The Morgan fingerprint density at radius 3 is 2.79 bits per heavy atom. The number of nitrogens with one attached hydrogen (secondary N) is 1. The third kappa shape index (κ3) is 4.36. The van der Waals surface area contributed by atoms with Crippen molar-refractivity contribution in [1.29, 1.82) is 0 Å². The Morgan fingerprint density at radius 1 is 1.10 bits per heavy atom. The lowest BCUT2D eigenvalue weighted by molar-refractivity contribution is 0.262. The van der Waals surface area contributed by atoms with Gasteiger partial charge in [-0.3, -0.25) is 9.69 Å². The highest BCUT2D eigenvalue weighted by Crippen LogP contribution is 2.27. The second-order valence-electron chi connectivity index (χ2n) is 6.71. The normalized spacial score (nSPS) is 11.3. The van der Waals surface area contributed by atoms with E-state index < -0.39 is 0 Å². The SMILES string of the molecule is CCN(Cc1csc(-c2cccc(OC)c2)n1)Cc1nc2ccccc2c(=O)[nH]1. The van der Waals surface area contributed by atoms with Gasteiger partial charge in [0.05, 0.1) is 30.3 Å². The molecule has 6 nitrogen and oxygen atoms in total. The molecule has 0 radical (unpaired) electrons. The van der Waals surface area contributed by atoms with Gasteiger partial charge in [-0.25, -0.2) is 9.97 Å². The van der Waals surface area contributed by atoms with Crippen molar-refractivity contribution >= 4 is 22.2 Å². The van der Waals surface area contributed by atoms with Crippen molar-refractivity contribution in [3.05, 3.63) is 75.8 Å². The van der Waals surface area contributed by atoms with Crippen LogP contribution >= 0.6 is 11.3 Å². The van der Waals surface area contributed by atoms with Gasteiger partial charge in [0, 0.05) is 17.5 Å². The van der Waals surface area contributed by atoms with Crippen LogP contribution < -0.4 is 10.3 Å². The molecule has 0 atom stereocenters. The van der Waals surface area contributed by atoms with Gasteiger partial charge in [-0.05, 0) is 30.8 Å². The Bertz CT molecular complexity index is 1180. The molecule has 0 amide bonds. The lowest BCUT2D eigenvalue weighted by Crippen LogP contribution is -2.25. The number of methoxy groups -OCH3 is 1. The Labute approximate surface area is 172 Å². The third-order valence-electron chi connectivity index (χ3n) is 4.74. The molecule has 29 heavy (non-hydrogen) atoms. The summed E-state index contributed by atoms with van der Waals surface area (Å²) in [7, 11) is 1.66. The number of thiazole rings is 1. The minimum atomic E-state index is -0.101. The van der Waals surface area contributed by atoms with E-state index in [9.17, 15) is 4.79 Å². The Hall–Kier alpha value is -3.03. The summed E-state index contributed by atoms with van der Waals surface area (Å²) in [6.45, 7) is 4.16. The molecule has 0 fully saturated rings. The van der Waals surface area contributed by atoms with Crippen LogP contribution in [0.15, 0.2) is 58.7 Å². The van der Waals surface area contributed by atoms with Gasteiger partial charge in [0.25, 0.3) is 5.56 Å². The maximum atomic E-state index is 12.3. The van der Waals surface area contributed by atoms with Gasteiger partial charge in [-0.1, -0.05) is 31.2 Å². The van der Waals surface area contributed by atoms with Crippen LogP contribution in [0.2, 0.25) is 0 Å². The molecule has 4 aromatic rings. The molecule has 2 heterocycles. The van der Waals surface area contributed by atoms with Crippen molar-refractivity contribution in [2.45, 2.75) is 20.0 Å². The number of fused-ring (bicyclic) bond motifs is 1. The molecule has 2 aromatic carbocycles. The molecule has 0 saturated carbocycles. The van der Waals surface area contributed by atoms with E-state index in [0.29, 0.717) is 24.3 Å². The average Bonchev–Trinajstić information content (AvgIpc) is 3.22. The van der Waals surface area contributed by atoms with Crippen molar-refractivity contribution < 1.29 is 4.74 Å². The van der Waals surface area contributed by atoms with Crippen LogP contribution in [0.1, 0.15) is 18.4 Å². The molecule has 0 spiro atoms. The zero-order valence-electron chi connectivity index (χ0n) is 16.4. The minimum absolute atomic E-state index is 0.101. The van der Waals surface area contributed by atoms with Crippen LogP contribution in [0.4, 0.5) is 0 Å². The van der Waals surface area contributed by atoms with E-state index in [-0.39, 0.29) is 5.56 Å². The molecule has 0 aliphatic heterocycles. The molecule has 0 bridgehead atoms. The summed E-state index contributed by atoms with van der Waals surface area (Å²) >= 11 is 1.62. The predicted octanol–water partition coefficient (Wildman–Crippen LogP) is 4.08. The molecule has 0 aliphatic rings. The van der Waals surface area contributed by atoms with E-state index in [1.54, 1.807) is 24.5 Å². The molecule has 0 aliphatic carbocycles. The van der Waals surface area contributed by atoms with Gasteiger partial charge >= 0.3 is 0 Å². The van der Waals surface area contributed by atoms with Crippen molar-refractivity contribution in [2.24, 2.45) is 0 Å². The Balaban J connectivity index is 1.51. The van der Waals surface area contributed by atoms with Crippen LogP contribution in [0, 0.1) is 0 Å². The lowest BCUT2D eigenvalue weighted by atomic mass is 10.2. The largest absolute Gasteiger partial charge is 0.497 e. The number of aromatic amines is 1. The maximum absolute atomic E-state index is 12.3. The van der Waals surface area contributed by atoms with Crippen molar-refractivity contribution in [1.82, 2.24) is 19.9 Å². The third-order valence-corrected chi connectivity index (χ3v) is 5.68. The monoisotopic (exact) mass is 406 g/mol. The van der Waals surface area contributed by atoms with Gasteiger partial charge in [-0.2, -0.15) is 0 Å². The summed E-state index contributed by atoms with van der Waals surface area (Å²) in [5.41, 5.74) is 2.66. The first kappa shape index (κ1) is 19.3. The van der Waals surface area contributed by atoms with E-state index in [2.05, 4.69) is 27.2 Å². The highest BCUT2D eigenvalue weighted by atomic mass is 32.1. The topological polar surface area (TPSA) is 71.1 Å². The van der Waals surface area contributed by atoms with Crippen LogP contribution in [-0.2, 0) is 13.1 Å². The van der Waals surface area contributed by atoms with Gasteiger partial charge in [0.1, 0.15) is 16.6 Å². The smallest absolute Gasteiger partial charge is 0.258 e. The minimum Gasteiger partial charge on any atom is -0.497 e. The Kier molecular flexibility index (Phi) is 5.69. The number of nitrogens with zero attached hydrogens (tertiary/aromatic N) is 3. The lowest BCUT2D eigenvalue weighted by Gasteiger charge is -2.18. The molecule has 0 saturated heterocycles. The number of ether oxygens (including phenoxy) is 1. The molecular weight excluding hydrogens is 384 g/mol. The fraction of sp³-hybridized carbons (Fsp3) is 0.227. The zero-order valence-corrected chi connectivity index (χ0v) is 17.2. The number of hydrogen-bond donors (Lipinski definition) is 1. The van der Waals surface area contributed by atoms with E-state index >= 15 is 0 Å². The second kappa shape index (κ2) is 8.55. The first-order valence-corrected chi connectivity index (χ1v) is 10.3. The molecule has 7 heteroatoms. The maximum Gasteiger partial charge on any atom is 0.258 e. The first-order chi connectivity index (χ1) is 14.2. The summed E-state index contributed by atoms with van der Waals surface area (Å²) in [6, 6.07) is 15.3. The fourth-order valence-corrected chi connectivity index (χ4v) is 4.01. The van der Waals surface area contributed by atoms with Gasteiger partial charge in [0.15, 0.2) is 0 Å². The number of aromatic nitrogens is 3. The summed E-state index contributed by atoms with van der Waals surface area (Å²) in [5, 5.41) is 3.66. The predicted molar refractivity (Wildman–Crippen MR) is 116 cm³/mol. The summed E-state index contributed by atoms with van der Waals surface area (Å²) < 4.78 is 5.30. The van der Waals surface area contributed by atoms with Gasteiger partial charge < -0.3 is 9.72 Å². The molecule has 0 unspecified atom stereocenters. The van der Waals surface area contributed by atoms with Crippen molar-refractivity contribution in [3.8, 4) is 16.3 Å². The highest BCUT2D eigenvalue weighted by molar-refractivity contribution is 7.13. The number of para-hydroxylation sites is 1. The fourth-order valence-electron chi connectivity index (χ4n) is 3.20. The number of benzene rings is 2. The highest BCUT2D eigenvalue weighted by Gasteiger charge is 2.12. The molecule has 148 valence electrons. The zero-order chi connectivity index (χ0) is 20.2.